The van der Waals surface area contributed by atoms with Crippen LogP contribution in [0.25, 0.3) is 0 Å². The normalized spacial score (nSPS) is 10.5. The number of nitrogens with one attached hydrogen (secondary N) is 2. The Kier molecular flexibility index (Phi) is 3.05. The lowest BCUT2D eigenvalue weighted by molar-refractivity contribution is 0.948. The molecule has 0 spiro atoms. The van der Waals surface area contributed by atoms with Crippen molar-refractivity contribution in [2.24, 2.45) is 0 Å². The number of hydrogen-bond acceptors (Lipinski definition) is 5. The summed E-state index contributed by atoms with van der Waals surface area (Å²) in [5.41, 5.74) is -0.152. The number of halogens is 1. The van der Waals surface area contributed by atoms with E-state index in [-0.39, 0.29) is 5.56 Å². The van der Waals surface area contributed by atoms with Crippen molar-refractivity contribution in [3.8, 4) is 0 Å². The van der Waals surface area contributed by atoms with Gasteiger partial charge in [0.15, 0.2) is 0 Å². The van der Waals surface area contributed by atoms with Crippen molar-refractivity contribution in [2.45, 2.75) is 17.1 Å². The van der Waals surface area contributed by atoms with Crippen molar-refractivity contribution in [3.05, 3.63) is 26.1 Å². The molecule has 0 aliphatic carbocycles. The Labute approximate surface area is 102 Å². The highest BCUT2D eigenvalue weighted by molar-refractivity contribution is 14.1. The van der Waals surface area contributed by atoms with Crippen LogP contribution in [-0.4, -0.2) is 25.1 Å². The molecule has 15 heavy (non-hydrogen) atoms. The number of H-pyrrole nitrogens is 2. The number of aromatic nitrogens is 5. The third-order valence-electron chi connectivity index (χ3n) is 1.53. The first kappa shape index (κ1) is 10.6. The molecular formula is C7H6IN5OS. The lowest BCUT2D eigenvalue weighted by atomic mass is 10.7. The summed E-state index contributed by atoms with van der Waals surface area (Å²) >= 11 is 3.20. The van der Waals surface area contributed by atoms with Gasteiger partial charge in [-0.05, 0) is 41.3 Å². The average molecular weight is 335 g/mol. The predicted molar refractivity (Wildman–Crippen MR) is 62.8 cm³/mol. The molecule has 0 fully saturated rings. The Morgan fingerprint density at radius 1 is 1.53 bits per heavy atom. The summed E-state index contributed by atoms with van der Waals surface area (Å²) in [7, 11) is 0. The van der Waals surface area contributed by atoms with Crippen LogP contribution in [0.2, 0.25) is 0 Å². The molecule has 8 heteroatoms. The minimum atomic E-state index is -0.152. The van der Waals surface area contributed by atoms with Gasteiger partial charge < -0.3 is 4.98 Å². The molecule has 2 aromatic heterocycles. The van der Waals surface area contributed by atoms with Gasteiger partial charge >= 0.3 is 0 Å². The zero-order valence-corrected chi connectivity index (χ0v) is 10.6. The average Bonchev–Trinajstić information content (AvgIpc) is 2.59. The standard InChI is InChI=1S/C7H6IN5OS/c1-3-11-7(13-12-3)15-6-4(8)5(14)9-2-10-6/h2H,1H3,(H,9,10,14)(H,11,12,13). The number of rotatable bonds is 2. The Morgan fingerprint density at radius 2 is 2.33 bits per heavy atom. The van der Waals surface area contributed by atoms with Gasteiger partial charge in [0, 0.05) is 0 Å². The lowest BCUT2D eigenvalue weighted by Crippen LogP contribution is -2.11. The summed E-state index contributed by atoms with van der Waals surface area (Å²) in [6.45, 7) is 1.81. The van der Waals surface area contributed by atoms with E-state index < -0.39 is 0 Å². The van der Waals surface area contributed by atoms with Crippen molar-refractivity contribution in [2.75, 3.05) is 0 Å². The summed E-state index contributed by atoms with van der Waals surface area (Å²) in [5.74, 6) is 0.734. The van der Waals surface area contributed by atoms with E-state index in [2.05, 4.69) is 25.1 Å². The van der Waals surface area contributed by atoms with E-state index in [0.29, 0.717) is 13.8 Å². The van der Waals surface area contributed by atoms with Crippen LogP contribution in [0.4, 0.5) is 0 Å². The predicted octanol–water partition coefficient (Wildman–Crippen LogP) is 0.952. The molecule has 0 aliphatic rings. The van der Waals surface area contributed by atoms with Crippen LogP contribution in [0.15, 0.2) is 21.3 Å². The first-order valence-electron chi connectivity index (χ1n) is 3.97. The molecular weight excluding hydrogens is 329 g/mol. The highest BCUT2D eigenvalue weighted by Gasteiger charge is 2.09. The van der Waals surface area contributed by atoms with Crippen molar-refractivity contribution < 1.29 is 0 Å². The van der Waals surface area contributed by atoms with Crippen molar-refractivity contribution in [1.29, 1.82) is 0 Å². The van der Waals surface area contributed by atoms with Crippen LogP contribution in [0.5, 0.6) is 0 Å². The fourth-order valence-corrected chi connectivity index (χ4v) is 2.25. The fourth-order valence-electron chi connectivity index (χ4n) is 0.892. The fraction of sp³-hybridized carbons (Fsp3) is 0.143. The molecule has 0 aromatic carbocycles. The molecule has 0 radical (unpaired) electrons. The van der Waals surface area contributed by atoms with E-state index in [0.717, 1.165) is 5.82 Å². The van der Waals surface area contributed by atoms with E-state index >= 15 is 0 Å². The number of aryl methyl sites for hydroxylation is 1. The van der Waals surface area contributed by atoms with Gasteiger partial charge in [0.25, 0.3) is 5.56 Å². The molecule has 0 amide bonds. The molecule has 0 atom stereocenters. The van der Waals surface area contributed by atoms with Crippen LogP contribution in [-0.2, 0) is 0 Å². The Balaban J connectivity index is 2.32. The third-order valence-corrected chi connectivity index (χ3v) is 3.76. The summed E-state index contributed by atoms with van der Waals surface area (Å²) in [6.07, 6.45) is 1.37. The van der Waals surface area contributed by atoms with Crippen molar-refractivity contribution >= 4 is 34.4 Å². The first-order valence-corrected chi connectivity index (χ1v) is 5.86. The second-order valence-corrected chi connectivity index (χ2v) is 4.69. The van der Waals surface area contributed by atoms with Gasteiger partial charge in [-0.1, -0.05) is 0 Å². The zero-order valence-electron chi connectivity index (χ0n) is 7.61. The lowest BCUT2D eigenvalue weighted by Gasteiger charge is -1.96. The van der Waals surface area contributed by atoms with Crippen LogP contribution < -0.4 is 5.56 Å². The quantitative estimate of drug-likeness (QED) is 0.630. The first-order chi connectivity index (χ1) is 7.16. The molecule has 6 nitrogen and oxygen atoms in total. The molecule has 78 valence electrons. The van der Waals surface area contributed by atoms with Crippen LogP contribution in [0.3, 0.4) is 0 Å². The monoisotopic (exact) mass is 335 g/mol. The van der Waals surface area contributed by atoms with Gasteiger partial charge in [-0.15, -0.1) is 5.10 Å². The summed E-state index contributed by atoms with van der Waals surface area (Å²) in [5, 5.41) is 7.85. The molecule has 2 heterocycles. The maximum absolute atomic E-state index is 11.3. The maximum Gasteiger partial charge on any atom is 0.265 e. The van der Waals surface area contributed by atoms with Crippen LogP contribution in [0.1, 0.15) is 5.82 Å². The number of hydrogen-bond donors (Lipinski definition) is 2. The molecule has 2 rings (SSSR count). The second kappa shape index (κ2) is 4.31. The maximum atomic E-state index is 11.3. The second-order valence-electron chi connectivity index (χ2n) is 2.66. The summed E-state index contributed by atoms with van der Waals surface area (Å²) in [4.78, 5) is 21.9. The number of aromatic amines is 2. The molecule has 2 N–H and O–H groups in total. The molecule has 0 bridgehead atoms. The van der Waals surface area contributed by atoms with Gasteiger partial charge in [-0.2, -0.15) is 0 Å². The Hall–Kier alpha value is -0.900. The van der Waals surface area contributed by atoms with Gasteiger partial charge in [0.2, 0.25) is 5.16 Å². The van der Waals surface area contributed by atoms with E-state index in [1.165, 1.54) is 18.1 Å². The molecule has 0 saturated carbocycles. The van der Waals surface area contributed by atoms with Crippen molar-refractivity contribution in [1.82, 2.24) is 25.1 Å². The van der Waals surface area contributed by atoms with Gasteiger partial charge in [-0.3, -0.25) is 9.89 Å². The van der Waals surface area contributed by atoms with E-state index in [4.69, 9.17) is 0 Å². The largest absolute Gasteiger partial charge is 0.312 e. The van der Waals surface area contributed by atoms with Gasteiger partial charge in [0.1, 0.15) is 14.4 Å². The smallest absolute Gasteiger partial charge is 0.265 e. The topological polar surface area (TPSA) is 87.3 Å². The highest BCUT2D eigenvalue weighted by Crippen LogP contribution is 2.24. The molecule has 0 saturated heterocycles. The summed E-state index contributed by atoms with van der Waals surface area (Å²) < 4.78 is 0.544. The SMILES string of the molecule is Cc1nc(Sc2nc[nH]c(=O)c2I)n[nH]1. The zero-order chi connectivity index (χ0) is 10.8. The minimum Gasteiger partial charge on any atom is -0.312 e. The van der Waals surface area contributed by atoms with Crippen molar-refractivity contribution in [3.63, 3.8) is 0 Å². The molecule has 0 unspecified atom stereocenters. The van der Waals surface area contributed by atoms with E-state index in [9.17, 15) is 4.79 Å². The third kappa shape index (κ3) is 2.37. The van der Waals surface area contributed by atoms with E-state index in [1.54, 1.807) is 0 Å². The Bertz CT molecular complexity index is 536. The van der Waals surface area contributed by atoms with Crippen LogP contribution in [0, 0.1) is 10.5 Å². The number of nitrogens with zero attached hydrogens (tertiary/aromatic N) is 3. The van der Waals surface area contributed by atoms with E-state index in [1.807, 2.05) is 29.5 Å². The minimum absolute atomic E-state index is 0.152. The van der Waals surface area contributed by atoms with Gasteiger partial charge in [0.05, 0.1) is 6.33 Å². The highest BCUT2D eigenvalue weighted by atomic mass is 127. The summed E-state index contributed by atoms with van der Waals surface area (Å²) in [6, 6.07) is 0. The molecule has 0 aliphatic heterocycles. The van der Waals surface area contributed by atoms with Gasteiger partial charge in [-0.25, -0.2) is 9.97 Å². The van der Waals surface area contributed by atoms with Crippen LogP contribution >= 0.6 is 34.4 Å². The Morgan fingerprint density at radius 3 is 3.00 bits per heavy atom. The molecule has 2 aromatic rings.